The molecule has 3 N–H and O–H groups in total. The molecule has 1 fully saturated rings. The van der Waals surface area contributed by atoms with Crippen LogP contribution in [0.4, 0.5) is 15.8 Å². The van der Waals surface area contributed by atoms with Gasteiger partial charge in [0.15, 0.2) is 0 Å². The van der Waals surface area contributed by atoms with Gasteiger partial charge in [0.1, 0.15) is 5.82 Å². The molecule has 21 heavy (non-hydrogen) atoms. The van der Waals surface area contributed by atoms with Crippen LogP contribution in [-0.2, 0) is 4.79 Å². The van der Waals surface area contributed by atoms with E-state index in [1.807, 2.05) is 0 Å². The van der Waals surface area contributed by atoms with Gasteiger partial charge in [0.25, 0.3) is 0 Å². The summed E-state index contributed by atoms with van der Waals surface area (Å²) >= 11 is 0. The molecule has 116 valence electrons. The summed E-state index contributed by atoms with van der Waals surface area (Å²) in [6.45, 7) is 8.32. The number of nitrogens with zero attached hydrogens (tertiary/aromatic N) is 2. The molecule has 1 saturated heterocycles. The highest BCUT2D eigenvalue weighted by Gasteiger charge is 2.20. The minimum Gasteiger partial charge on any atom is -0.397 e. The highest BCUT2D eigenvalue weighted by atomic mass is 19.1. The fourth-order valence-corrected chi connectivity index (χ4v) is 2.47. The fourth-order valence-electron chi connectivity index (χ4n) is 2.47. The van der Waals surface area contributed by atoms with E-state index in [0.717, 1.165) is 26.2 Å². The molecular weight excluding hydrogens is 271 g/mol. The molecule has 1 heterocycles. The van der Waals surface area contributed by atoms with Crippen LogP contribution in [0.5, 0.6) is 0 Å². The number of carbonyl (C=O) groups is 1. The van der Waals surface area contributed by atoms with Crippen LogP contribution in [0, 0.1) is 5.82 Å². The highest BCUT2D eigenvalue weighted by Crippen LogP contribution is 2.19. The van der Waals surface area contributed by atoms with Crippen LogP contribution in [0.25, 0.3) is 0 Å². The summed E-state index contributed by atoms with van der Waals surface area (Å²) in [5.74, 6) is -0.574. The van der Waals surface area contributed by atoms with E-state index in [9.17, 15) is 9.18 Å². The lowest BCUT2D eigenvalue weighted by atomic mass is 10.2. The molecule has 0 radical (unpaired) electrons. The van der Waals surface area contributed by atoms with Gasteiger partial charge in [0.05, 0.1) is 17.9 Å². The van der Waals surface area contributed by atoms with Gasteiger partial charge in [0.2, 0.25) is 5.91 Å². The molecule has 1 amide bonds. The molecule has 6 heteroatoms. The zero-order valence-corrected chi connectivity index (χ0v) is 12.6. The molecule has 0 atom stereocenters. The average molecular weight is 294 g/mol. The first-order valence-electron chi connectivity index (χ1n) is 7.27. The van der Waals surface area contributed by atoms with Gasteiger partial charge in [0, 0.05) is 32.2 Å². The van der Waals surface area contributed by atoms with Crippen molar-refractivity contribution < 1.29 is 9.18 Å². The maximum atomic E-state index is 13.2. The predicted octanol–water partition coefficient (Wildman–Crippen LogP) is 1.37. The van der Waals surface area contributed by atoms with E-state index in [-0.39, 0.29) is 5.91 Å². The number of hydrogen-bond donors (Lipinski definition) is 2. The SMILES string of the molecule is CC(C)N1CCN(CC(=O)Nc2cc(F)ccc2N)CC1. The largest absolute Gasteiger partial charge is 0.397 e. The minimum atomic E-state index is -0.412. The number of piperazine rings is 1. The molecule has 0 aromatic heterocycles. The quantitative estimate of drug-likeness (QED) is 0.824. The number of halogens is 1. The lowest BCUT2D eigenvalue weighted by molar-refractivity contribution is -0.117. The standard InChI is InChI=1S/C15H23FN4O/c1-11(2)20-7-5-19(6-8-20)10-15(21)18-14-9-12(16)3-4-13(14)17/h3-4,9,11H,5-8,10,17H2,1-2H3,(H,18,21). The van der Waals surface area contributed by atoms with Crippen molar-refractivity contribution in [3.63, 3.8) is 0 Å². The summed E-state index contributed by atoms with van der Waals surface area (Å²) in [7, 11) is 0. The van der Waals surface area contributed by atoms with E-state index in [0.29, 0.717) is 24.0 Å². The Morgan fingerprint density at radius 2 is 2.00 bits per heavy atom. The molecule has 1 aliphatic rings. The molecule has 1 aromatic rings. The Hall–Kier alpha value is -1.66. The number of rotatable bonds is 4. The molecule has 1 aliphatic heterocycles. The van der Waals surface area contributed by atoms with Crippen LogP contribution in [-0.4, -0.2) is 54.5 Å². The number of nitrogens with two attached hydrogens (primary N) is 1. The fraction of sp³-hybridized carbons (Fsp3) is 0.533. The highest BCUT2D eigenvalue weighted by molar-refractivity contribution is 5.95. The Morgan fingerprint density at radius 3 is 2.62 bits per heavy atom. The number of hydrogen-bond acceptors (Lipinski definition) is 4. The number of nitrogen functional groups attached to an aromatic ring is 1. The topological polar surface area (TPSA) is 61.6 Å². The molecule has 1 aromatic carbocycles. The average Bonchev–Trinajstić information content (AvgIpc) is 2.43. The van der Waals surface area contributed by atoms with Crippen molar-refractivity contribution in [2.75, 3.05) is 43.8 Å². The Bertz CT molecular complexity index is 498. The Kier molecular flexibility index (Phi) is 5.14. The number of carbonyl (C=O) groups excluding carboxylic acids is 1. The summed E-state index contributed by atoms with van der Waals surface area (Å²) in [5, 5.41) is 2.67. The van der Waals surface area contributed by atoms with Crippen LogP contribution in [0.1, 0.15) is 13.8 Å². The van der Waals surface area contributed by atoms with E-state index in [1.54, 1.807) is 0 Å². The molecule has 0 saturated carbocycles. The van der Waals surface area contributed by atoms with Gasteiger partial charge in [-0.2, -0.15) is 0 Å². The maximum Gasteiger partial charge on any atom is 0.238 e. The van der Waals surface area contributed by atoms with Gasteiger partial charge in [-0.3, -0.25) is 14.6 Å². The first-order chi connectivity index (χ1) is 9.95. The summed E-state index contributed by atoms with van der Waals surface area (Å²) in [6.07, 6.45) is 0. The van der Waals surface area contributed by atoms with Gasteiger partial charge in [-0.1, -0.05) is 0 Å². The van der Waals surface area contributed by atoms with Crippen LogP contribution >= 0.6 is 0 Å². The Balaban J connectivity index is 1.84. The second-order valence-electron chi connectivity index (χ2n) is 5.69. The van der Waals surface area contributed by atoms with Crippen LogP contribution in [0.2, 0.25) is 0 Å². The monoisotopic (exact) mass is 294 g/mol. The number of nitrogens with one attached hydrogen (secondary N) is 1. The molecule has 0 bridgehead atoms. The third-order valence-electron chi connectivity index (χ3n) is 3.79. The van der Waals surface area contributed by atoms with Crippen molar-refractivity contribution >= 4 is 17.3 Å². The minimum absolute atomic E-state index is 0.162. The molecule has 0 aliphatic carbocycles. The number of amides is 1. The first-order valence-corrected chi connectivity index (χ1v) is 7.27. The normalized spacial score (nSPS) is 17.1. The summed E-state index contributed by atoms with van der Waals surface area (Å²) in [6, 6.07) is 4.50. The molecule has 0 unspecified atom stereocenters. The third kappa shape index (κ3) is 4.41. The van der Waals surface area contributed by atoms with Crippen LogP contribution in [0.3, 0.4) is 0 Å². The predicted molar refractivity (Wildman–Crippen MR) is 82.6 cm³/mol. The van der Waals surface area contributed by atoms with Crippen LogP contribution < -0.4 is 11.1 Å². The van der Waals surface area contributed by atoms with Crippen molar-refractivity contribution in [3.8, 4) is 0 Å². The molecular formula is C15H23FN4O. The lowest BCUT2D eigenvalue weighted by Gasteiger charge is -2.36. The van der Waals surface area contributed by atoms with E-state index in [4.69, 9.17) is 5.73 Å². The zero-order valence-electron chi connectivity index (χ0n) is 12.6. The third-order valence-corrected chi connectivity index (χ3v) is 3.79. The van der Waals surface area contributed by atoms with Gasteiger partial charge in [-0.05, 0) is 32.0 Å². The summed E-state index contributed by atoms with van der Waals surface area (Å²) in [4.78, 5) is 16.5. The van der Waals surface area contributed by atoms with Gasteiger partial charge in [-0.25, -0.2) is 4.39 Å². The van der Waals surface area contributed by atoms with E-state index < -0.39 is 5.82 Å². The van der Waals surface area contributed by atoms with E-state index in [2.05, 4.69) is 29.0 Å². The van der Waals surface area contributed by atoms with Crippen molar-refractivity contribution in [2.24, 2.45) is 0 Å². The molecule has 0 spiro atoms. The number of anilines is 2. The maximum absolute atomic E-state index is 13.2. The second kappa shape index (κ2) is 6.87. The smallest absolute Gasteiger partial charge is 0.238 e. The van der Waals surface area contributed by atoms with Crippen molar-refractivity contribution in [3.05, 3.63) is 24.0 Å². The van der Waals surface area contributed by atoms with Gasteiger partial charge in [-0.15, -0.1) is 0 Å². The Labute approximate surface area is 124 Å². The lowest BCUT2D eigenvalue weighted by Crippen LogP contribution is -2.50. The summed E-state index contributed by atoms with van der Waals surface area (Å²) < 4.78 is 13.2. The first kappa shape index (κ1) is 15.7. The molecule has 5 nitrogen and oxygen atoms in total. The van der Waals surface area contributed by atoms with Crippen molar-refractivity contribution in [1.82, 2.24) is 9.80 Å². The van der Waals surface area contributed by atoms with Gasteiger partial charge < -0.3 is 11.1 Å². The molecule has 2 rings (SSSR count). The van der Waals surface area contributed by atoms with E-state index in [1.165, 1.54) is 18.2 Å². The van der Waals surface area contributed by atoms with Gasteiger partial charge >= 0.3 is 0 Å². The van der Waals surface area contributed by atoms with Crippen molar-refractivity contribution in [2.45, 2.75) is 19.9 Å². The van der Waals surface area contributed by atoms with E-state index >= 15 is 0 Å². The number of benzene rings is 1. The van der Waals surface area contributed by atoms with Crippen molar-refractivity contribution in [1.29, 1.82) is 0 Å². The Morgan fingerprint density at radius 1 is 1.33 bits per heavy atom. The van der Waals surface area contributed by atoms with Crippen LogP contribution in [0.15, 0.2) is 18.2 Å². The second-order valence-corrected chi connectivity index (χ2v) is 5.69. The zero-order chi connectivity index (χ0) is 15.4. The summed E-state index contributed by atoms with van der Waals surface area (Å²) in [5.41, 5.74) is 6.42.